The molecule has 6 rings (SSSR count). The third-order valence-electron chi connectivity index (χ3n) is 18.0. The fourth-order valence-electron chi connectivity index (χ4n) is 11.6. The van der Waals surface area contributed by atoms with Gasteiger partial charge in [0, 0.05) is 102 Å². The number of phenolic OH excluding ortho intramolecular Hbond substituents is 4. The van der Waals surface area contributed by atoms with Crippen molar-refractivity contribution in [1.29, 1.82) is 0 Å². The Labute approximate surface area is 503 Å². The van der Waals surface area contributed by atoms with Crippen LogP contribution in [0, 0.1) is 36.5 Å². The van der Waals surface area contributed by atoms with Gasteiger partial charge in [-0.15, -0.1) is 13.2 Å². The average molecular weight is 1220 g/mol. The number of benzene rings is 2. The largest absolute Gasteiger partial charge is 0.508 e. The number of esters is 2. The van der Waals surface area contributed by atoms with Crippen LogP contribution in [-0.2, 0) is 60.3 Å². The van der Waals surface area contributed by atoms with Gasteiger partial charge in [-0.3, -0.25) is 9.59 Å². The topological polar surface area (TPSA) is 368 Å². The first kappa shape index (κ1) is 71.3. The Hall–Kier alpha value is -5.48. The summed E-state index contributed by atoms with van der Waals surface area (Å²) in [5, 5.41) is 112. The molecule has 0 spiro atoms. The van der Waals surface area contributed by atoms with Crippen LogP contribution in [0.4, 0.5) is 0 Å². The van der Waals surface area contributed by atoms with Crippen LogP contribution in [-0.4, -0.2) is 201 Å². The summed E-state index contributed by atoms with van der Waals surface area (Å²) in [4.78, 5) is 51.3. The minimum absolute atomic E-state index is 0.00479. The number of aliphatic hydroxyl groups excluding tert-OH is 6. The molecule has 0 saturated carbocycles. The van der Waals surface area contributed by atoms with E-state index in [2.05, 4.69) is 23.8 Å². The van der Waals surface area contributed by atoms with Gasteiger partial charge in [-0.05, 0) is 62.8 Å². The highest BCUT2D eigenvalue weighted by Crippen LogP contribution is 2.45. The number of amides is 2. The standard InChI is InChI=1S/2C31H47NO11/c2*1-14(2)9-22(40-7)27(37)28(38)32-29(41-8)23-13-24(36)31(5,6)25(42-23)12-19(34)16(4)21-10-17-15(3)18(33)11-20(35)26(17)30(39)43-21/h2*11,16,19,21-25,27,29,33-37H,1,9-10,12-13H2,2-8H3,(H,32,38)/t16-,19?,21?,22+,23+,24-,25?,27+,29+;16-,19?,21?,22+,23+,24-,25?,27+,29-/m11/s1. The molecular formula is C62H94N2O22. The number of ether oxygens (including phenoxy) is 8. The highest BCUT2D eigenvalue weighted by atomic mass is 16.6. The minimum atomic E-state index is -1.50. The molecule has 2 aromatic carbocycles. The van der Waals surface area contributed by atoms with E-state index in [0.717, 1.165) is 23.3 Å². The van der Waals surface area contributed by atoms with Gasteiger partial charge >= 0.3 is 11.9 Å². The predicted molar refractivity (Wildman–Crippen MR) is 311 cm³/mol. The zero-order valence-corrected chi connectivity index (χ0v) is 52.0. The fraction of sp³-hybridized carbons (Fsp3) is 0.677. The zero-order chi connectivity index (χ0) is 64.8. The van der Waals surface area contributed by atoms with E-state index in [0.29, 0.717) is 22.3 Å². The molecule has 0 radical (unpaired) electrons. The molecule has 0 bridgehead atoms. The average Bonchev–Trinajstić information content (AvgIpc) is 1.24. The molecule has 12 N–H and O–H groups in total. The van der Waals surface area contributed by atoms with Crippen molar-refractivity contribution < 1.29 is 108 Å². The Morgan fingerprint density at radius 2 is 0.919 bits per heavy atom. The summed E-state index contributed by atoms with van der Waals surface area (Å²) < 4.78 is 45.4. The van der Waals surface area contributed by atoms with Crippen molar-refractivity contribution in [3.05, 3.63) is 69.8 Å². The second-order valence-electron chi connectivity index (χ2n) is 25.0. The van der Waals surface area contributed by atoms with E-state index in [1.165, 1.54) is 28.4 Å². The number of cyclic esters (lactones) is 2. The van der Waals surface area contributed by atoms with Crippen molar-refractivity contribution in [2.75, 3.05) is 28.4 Å². The number of rotatable bonds is 24. The maximum Gasteiger partial charge on any atom is 0.342 e. The number of hydrogen-bond acceptors (Lipinski definition) is 22. The Morgan fingerprint density at radius 1 is 0.593 bits per heavy atom. The summed E-state index contributed by atoms with van der Waals surface area (Å²) in [5.74, 6) is -5.13. The second-order valence-corrected chi connectivity index (χ2v) is 25.0. The van der Waals surface area contributed by atoms with Crippen LogP contribution in [0.25, 0.3) is 0 Å². The number of hydrogen-bond donors (Lipinski definition) is 12. The van der Waals surface area contributed by atoms with E-state index in [-0.39, 0.29) is 85.5 Å². The molecule has 86 heavy (non-hydrogen) atoms. The van der Waals surface area contributed by atoms with E-state index in [4.69, 9.17) is 37.9 Å². The monoisotopic (exact) mass is 1220 g/mol. The van der Waals surface area contributed by atoms with Crippen molar-refractivity contribution >= 4 is 23.8 Å². The number of fused-ring (bicyclic) bond motifs is 2. The first-order valence-corrected chi connectivity index (χ1v) is 29.0. The zero-order valence-electron chi connectivity index (χ0n) is 52.0. The van der Waals surface area contributed by atoms with E-state index < -0.39 is 144 Å². The van der Waals surface area contributed by atoms with Crippen molar-refractivity contribution in [2.24, 2.45) is 22.7 Å². The quantitative estimate of drug-likeness (QED) is 0.0405. The first-order chi connectivity index (χ1) is 40.0. The van der Waals surface area contributed by atoms with E-state index in [1.54, 1.807) is 41.5 Å². The van der Waals surface area contributed by atoms with Gasteiger partial charge in [0.05, 0.1) is 48.8 Å². The van der Waals surface area contributed by atoms with Crippen LogP contribution in [0.1, 0.15) is 137 Å². The molecule has 0 aromatic heterocycles. The molecule has 2 saturated heterocycles. The van der Waals surface area contributed by atoms with Gasteiger partial charge in [-0.25, -0.2) is 9.59 Å². The lowest BCUT2D eigenvalue weighted by atomic mass is 9.73. The number of aliphatic hydroxyl groups is 6. The van der Waals surface area contributed by atoms with Crippen LogP contribution >= 0.6 is 0 Å². The summed E-state index contributed by atoms with van der Waals surface area (Å²) in [5.41, 5.74) is 1.70. The van der Waals surface area contributed by atoms with Crippen LogP contribution in [0.3, 0.4) is 0 Å². The van der Waals surface area contributed by atoms with Crippen molar-refractivity contribution in [3.8, 4) is 23.0 Å². The maximum atomic E-state index is 12.9. The van der Waals surface area contributed by atoms with Crippen LogP contribution in [0.15, 0.2) is 36.4 Å². The number of nitrogens with one attached hydrogen (secondary N) is 2. The molecular weight excluding hydrogens is 1120 g/mol. The number of methoxy groups -OCH3 is 4. The summed E-state index contributed by atoms with van der Waals surface area (Å²) in [7, 11) is 5.51. The number of aromatic hydroxyl groups is 4. The summed E-state index contributed by atoms with van der Waals surface area (Å²) in [6.45, 7) is 25.1. The highest BCUT2D eigenvalue weighted by Gasteiger charge is 2.51. The van der Waals surface area contributed by atoms with Gasteiger partial charge in [0.25, 0.3) is 11.8 Å². The molecule has 24 nitrogen and oxygen atoms in total. The molecule has 4 aliphatic rings. The van der Waals surface area contributed by atoms with Gasteiger partial charge < -0.3 is 99.6 Å². The Balaban J connectivity index is 0.000000314. The van der Waals surface area contributed by atoms with Gasteiger partial charge in [0.15, 0.2) is 24.7 Å². The van der Waals surface area contributed by atoms with Crippen LogP contribution in [0.2, 0.25) is 0 Å². The Kier molecular flexibility index (Phi) is 24.6. The number of carbonyl (C=O) groups excluding carboxylic acids is 4. The van der Waals surface area contributed by atoms with Crippen LogP contribution < -0.4 is 10.6 Å². The number of carbonyl (C=O) groups is 4. The van der Waals surface area contributed by atoms with Gasteiger partial charge in [0.1, 0.15) is 58.5 Å². The molecule has 2 fully saturated rings. The molecule has 484 valence electrons. The molecule has 18 atom stereocenters. The van der Waals surface area contributed by atoms with Gasteiger partial charge in [-0.1, -0.05) is 52.7 Å². The Morgan fingerprint density at radius 3 is 1.21 bits per heavy atom. The normalized spacial score (nSPS) is 26.8. The molecule has 2 amide bonds. The summed E-state index contributed by atoms with van der Waals surface area (Å²) in [6.07, 6.45) is -13.8. The predicted octanol–water partition coefficient (Wildman–Crippen LogP) is 3.70. The van der Waals surface area contributed by atoms with E-state index in [9.17, 15) is 70.2 Å². The van der Waals surface area contributed by atoms with Crippen molar-refractivity contribution in [3.63, 3.8) is 0 Å². The maximum absolute atomic E-state index is 12.9. The van der Waals surface area contributed by atoms with Gasteiger partial charge in [-0.2, -0.15) is 0 Å². The van der Waals surface area contributed by atoms with Gasteiger partial charge in [0.2, 0.25) is 0 Å². The van der Waals surface area contributed by atoms with Crippen molar-refractivity contribution in [2.45, 2.75) is 219 Å². The third-order valence-corrected chi connectivity index (χ3v) is 18.0. The first-order valence-electron chi connectivity index (χ1n) is 29.0. The molecule has 4 aliphatic heterocycles. The lowest BCUT2D eigenvalue weighted by Crippen LogP contribution is -2.59. The lowest BCUT2D eigenvalue weighted by molar-refractivity contribution is -0.217. The highest BCUT2D eigenvalue weighted by molar-refractivity contribution is 5.97. The van der Waals surface area contributed by atoms with E-state index >= 15 is 0 Å². The molecule has 6 unspecified atom stereocenters. The number of phenols is 4. The smallest absolute Gasteiger partial charge is 0.342 e. The molecule has 24 heteroatoms. The SMILES string of the molecule is C=C(C)C[C@H](OC)[C@H](O)C(=O)N[C@@H](OC)[C@@H]1C[C@@H](O)C(C)(C)C(CC(O)[C@@H](C)C2Cc3c(C)c(O)cc(O)c3C(=O)O2)O1.C=C(C)C[C@H](OC)[C@H](O)C(=O)N[C@H](OC)[C@@H]1C[C@@H](O)C(C)(C)C(CC(O)[C@@H](C)C2Cc3c(C)c(O)cc(O)c3C(=O)O2)O1. The summed E-state index contributed by atoms with van der Waals surface area (Å²) >= 11 is 0. The van der Waals surface area contributed by atoms with Crippen LogP contribution in [0.5, 0.6) is 23.0 Å². The van der Waals surface area contributed by atoms with E-state index in [1.807, 2.05) is 27.7 Å². The molecule has 4 heterocycles. The molecule has 2 aromatic rings. The second kappa shape index (κ2) is 29.7. The fourth-order valence-corrected chi connectivity index (χ4v) is 11.6. The third kappa shape index (κ3) is 16.2. The Bertz CT molecular complexity index is 2550. The molecule has 0 aliphatic carbocycles. The lowest BCUT2D eigenvalue weighted by Gasteiger charge is -2.48. The minimum Gasteiger partial charge on any atom is -0.508 e. The summed E-state index contributed by atoms with van der Waals surface area (Å²) in [6, 6.07) is 2.21. The van der Waals surface area contributed by atoms with Crippen molar-refractivity contribution in [1.82, 2.24) is 10.6 Å².